The molecule has 1 aliphatic rings. The van der Waals surface area contributed by atoms with Gasteiger partial charge < -0.3 is 5.32 Å². The predicted molar refractivity (Wildman–Crippen MR) is 85.1 cm³/mol. The van der Waals surface area contributed by atoms with Crippen molar-refractivity contribution in [2.24, 2.45) is 5.92 Å². The molecular weight excluding hydrogens is 290 g/mol. The van der Waals surface area contributed by atoms with E-state index in [0.717, 1.165) is 29.7 Å². The summed E-state index contributed by atoms with van der Waals surface area (Å²) < 4.78 is 22.7. The van der Waals surface area contributed by atoms with Crippen molar-refractivity contribution in [2.75, 3.05) is 25.1 Å². The lowest BCUT2D eigenvalue weighted by Crippen LogP contribution is -2.23. The maximum Gasteiger partial charge on any atom is 0.175 e. The normalized spacial score (nSPS) is 16.6. The van der Waals surface area contributed by atoms with Crippen LogP contribution in [0.15, 0.2) is 34.1 Å². The van der Waals surface area contributed by atoms with Gasteiger partial charge in [-0.3, -0.25) is 0 Å². The van der Waals surface area contributed by atoms with Gasteiger partial charge in [-0.15, -0.1) is 11.8 Å². The van der Waals surface area contributed by atoms with E-state index in [2.05, 4.69) is 5.32 Å². The van der Waals surface area contributed by atoms with Crippen LogP contribution < -0.4 is 5.32 Å². The molecule has 0 heterocycles. The van der Waals surface area contributed by atoms with E-state index in [0.29, 0.717) is 4.90 Å². The summed E-state index contributed by atoms with van der Waals surface area (Å²) in [5.74, 6) is 1.90. The Balaban J connectivity index is 1.66. The lowest BCUT2D eigenvalue weighted by molar-refractivity contribution is 0.500. The zero-order valence-electron chi connectivity index (χ0n) is 12.0. The molecule has 0 saturated heterocycles. The Hall–Kier alpha value is -0.520. The first-order valence-electron chi connectivity index (χ1n) is 7.19. The van der Waals surface area contributed by atoms with Crippen molar-refractivity contribution in [1.29, 1.82) is 0 Å². The van der Waals surface area contributed by atoms with Gasteiger partial charge in [-0.05, 0) is 49.6 Å². The second-order valence-electron chi connectivity index (χ2n) is 5.45. The zero-order chi connectivity index (χ0) is 14.4. The molecule has 1 aromatic rings. The smallest absolute Gasteiger partial charge is 0.175 e. The van der Waals surface area contributed by atoms with Gasteiger partial charge in [-0.2, -0.15) is 0 Å². The number of sulfone groups is 1. The van der Waals surface area contributed by atoms with Crippen LogP contribution in [0.3, 0.4) is 0 Å². The minimum atomic E-state index is -3.08. The second kappa shape index (κ2) is 7.48. The van der Waals surface area contributed by atoms with Gasteiger partial charge in [0.1, 0.15) is 0 Å². The number of hydrogen-bond donors (Lipinski definition) is 1. The van der Waals surface area contributed by atoms with E-state index in [1.54, 1.807) is 23.9 Å². The molecule has 5 heteroatoms. The van der Waals surface area contributed by atoms with E-state index in [1.165, 1.54) is 31.9 Å². The molecule has 0 bridgehead atoms. The Labute approximate surface area is 126 Å². The third kappa shape index (κ3) is 5.11. The van der Waals surface area contributed by atoms with Gasteiger partial charge in [-0.25, -0.2) is 8.42 Å². The first-order chi connectivity index (χ1) is 9.55. The molecule has 112 valence electrons. The number of benzene rings is 1. The summed E-state index contributed by atoms with van der Waals surface area (Å²) in [4.78, 5) is 1.52. The molecule has 0 atom stereocenters. The van der Waals surface area contributed by atoms with Crippen molar-refractivity contribution in [3.63, 3.8) is 0 Å². The summed E-state index contributed by atoms with van der Waals surface area (Å²) in [6.07, 6.45) is 6.80. The fourth-order valence-electron chi connectivity index (χ4n) is 2.54. The third-order valence-electron chi connectivity index (χ3n) is 3.71. The Morgan fingerprint density at radius 3 is 2.45 bits per heavy atom. The molecule has 0 amide bonds. The summed E-state index contributed by atoms with van der Waals surface area (Å²) in [6.45, 7) is 2.16. The monoisotopic (exact) mass is 313 g/mol. The third-order valence-corrected chi connectivity index (χ3v) is 5.85. The first-order valence-corrected chi connectivity index (χ1v) is 10.1. The molecule has 20 heavy (non-hydrogen) atoms. The van der Waals surface area contributed by atoms with Crippen LogP contribution in [0.5, 0.6) is 0 Å². The molecule has 1 saturated carbocycles. The molecule has 0 spiro atoms. The Kier molecular flexibility index (Phi) is 5.93. The van der Waals surface area contributed by atoms with E-state index < -0.39 is 9.84 Å². The van der Waals surface area contributed by atoms with E-state index in [4.69, 9.17) is 0 Å². The topological polar surface area (TPSA) is 46.2 Å². The average molecular weight is 313 g/mol. The van der Waals surface area contributed by atoms with Crippen LogP contribution in [0.1, 0.15) is 25.7 Å². The number of nitrogens with one attached hydrogen (secondary N) is 1. The minimum Gasteiger partial charge on any atom is -0.316 e. The van der Waals surface area contributed by atoms with Crippen LogP contribution in [-0.4, -0.2) is 33.5 Å². The summed E-state index contributed by atoms with van der Waals surface area (Å²) in [5, 5.41) is 3.52. The number of hydrogen-bond acceptors (Lipinski definition) is 4. The van der Waals surface area contributed by atoms with Gasteiger partial charge in [0.2, 0.25) is 0 Å². The molecule has 0 aliphatic heterocycles. The van der Waals surface area contributed by atoms with Crippen LogP contribution in [-0.2, 0) is 9.84 Å². The van der Waals surface area contributed by atoms with E-state index in [1.807, 2.05) is 12.1 Å². The highest BCUT2D eigenvalue weighted by molar-refractivity contribution is 7.99. The Bertz CT molecular complexity index is 505. The molecule has 0 radical (unpaired) electrons. The van der Waals surface area contributed by atoms with Gasteiger partial charge in [0, 0.05) is 23.4 Å². The van der Waals surface area contributed by atoms with Crippen LogP contribution >= 0.6 is 11.8 Å². The van der Waals surface area contributed by atoms with Crippen LogP contribution in [0, 0.1) is 5.92 Å². The van der Waals surface area contributed by atoms with Crippen molar-refractivity contribution >= 4 is 21.6 Å². The first kappa shape index (κ1) is 15.9. The fraction of sp³-hybridized carbons (Fsp3) is 0.600. The lowest BCUT2D eigenvalue weighted by Gasteiger charge is -2.10. The van der Waals surface area contributed by atoms with Crippen molar-refractivity contribution in [3.05, 3.63) is 24.3 Å². The lowest BCUT2D eigenvalue weighted by atomic mass is 10.1. The zero-order valence-corrected chi connectivity index (χ0v) is 13.6. The standard InChI is InChI=1S/C15H23NO2S2/c1-20(17,18)15-8-6-14(7-9-15)19-11-10-16-12-13-4-2-3-5-13/h6-9,13,16H,2-5,10-12H2,1H3. The second-order valence-corrected chi connectivity index (χ2v) is 8.63. The molecule has 1 aliphatic carbocycles. The molecule has 1 N–H and O–H groups in total. The van der Waals surface area contributed by atoms with Gasteiger partial charge in [0.15, 0.2) is 9.84 Å². The summed E-state index contributed by atoms with van der Waals surface area (Å²) >= 11 is 1.76. The summed E-state index contributed by atoms with van der Waals surface area (Å²) in [5.41, 5.74) is 0. The maximum absolute atomic E-state index is 11.4. The quantitative estimate of drug-likeness (QED) is 0.621. The largest absolute Gasteiger partial charge is 0.316 e. The summed E-state index contributed by atoms with van der Waals surface area (Å²) in [7, 11) is -3.08. The molecular formula is C15H23NO2S2. The molecule has 3 nitrogen and oxygen atoms in total. The van der Waals surface area contributed by atoms with Crippen LogP contribution in [0.2, 0.25) is 0 Å². The van der Waals surface area contributed by atoms with E-state index in [-0.39, 0.29) is 0 Å². The van der Waals surface area contributed by atoms with Crippen LogP contribution in [0.25, 0.3) is 0 Å². The highest BCUT2D eigenvalue weighted by Gasteiger charge is 2.13. The summed E-state index contributed by atoms with van der Waals surface area (Å²) in [6, 6.07) is 7.14. The van der Waals surface area contributed by atoms with Crippen molar-refractivity contribution in [1.82, 2.24) is 5.32 Å². The van der Waals surface area contributed by atoms with E-state index >= 15 is 0 Å². The van der Waals surface area contributed by atoms with Crippen molar-refractivity contribution in [3.8, 4) is 0 Å². The Morgan fingerprint density at radius 1 is 1.20 bits per heavy atom. The van der Waals surface area contributed by atoms with Crippen molar-refractivity contribution < 1.29 is 8.42 Å². The predicted octanol–water partition coefficient (Wildman–Crippen LogP) is 2.96. The molecule has 0 aromatic heterocycles. The van der Waals surface area contributed by atoms with Crippen LogP contribution in [0.4, 0.5) is 0 Å². The molecule has 2 rings (SSSR count). The van der Waals surface area contributed by atoms with Gasteiger partial charge in [0.05, 0.1) is 4.90 Å². The SMILES string of the molecule is CS(=O)(=O)c1ccc(SCCNCC2CCCC2)cc1. The minimum absolute atomic E-state index is 0.390. The van der Waals surface area contributed by atoms with Crippen molar-refractivity contribution in [2.45, 2.75) is 35.5 Å². The maximum atomic E-state index is 11.4. The van der Waals surface area contributed by atoms with E-state index in [9.17, 15) is 8.42 Å². The fourth-order valence-corrected chi connectivity index (χ4v) is 3.99. The van der Waals surface area contributed by atoms with Gasteiger partial charge in [0.25, 0.3) is 0 Å². The highest BCUT2D eigenvalue weighted by atomic mass is 32.2. The molecule has 0 unspecified atom stereocenters. The average Bonchev–Trinajstić information content (AvgIpc) is 2.91. The van der Waals surface area contributed by atoms with Gasteiger partial charge in [-0.1, -0.05) is 12.8 Å². The Morgan fingerprint density at radius 2 is 1.85 bits per heavy atom. The number of rotatable bonds is 7. The highest BCUT2D eigenvalue weighted by Crippen LogP contribution is 2.24. The molecule has 1 aromatic carbocycles. The number of thioether (sulfide) groups is 1. The van der Waals surface area contributed by atoms with Gasteiger partial charge >= 0.3 is 0 Å². The molecule has 1 fully saturated rings.